The highest BCUT2D eigenvalue weighted by atomic mass is 19.1. The molecule has 114 valence electrons. The molecular weight excluding hydrogens is 273 g/mol. The number of carbonyl (C=O) groups excluding carboxylic acids is 2. The highest BCUT2D eigenvalue weighted by Crippen LogP contribution is 2.31. The molecule has 6 heteroatoms. The van der Waals surface area contributed by atoms with Crippen molar-refractivity contribution >= 4 is 17.8 Å². The number of anilines is 1. The first-order chi connectivity index (χ1) is 9.50. The fraction of sp³-hybridized carbons (Fsp3) is 0.533. The Balaban J connectivity index is 0.00000161. The minimum Gasteiger partial charge on any atom is -0.312 e. The number of pyridine rings is 1. The summed E-state index contributed by atoms with van der Waals surface area (Å²) in [6.45, 7) is 3.78. The number of halogens is 1. The van der Waals surface area contributed by atoms with E-state index in [1.54, 1.807) is 11.8 Å². The van der Waals surface area contributed by atoms with Crippen molar-refractivity contribution in [3.05, 3.63) is 23.1 Å². The number of urea groups is 1. The number of aromatic nitrogens is 1. The Bertz CT molecular complexity index is 579. The number of imide groups is 1. The van der Waals surface area contributed by atoms with Gasteiger partial charge in [0.15, 0.2) is 0 Å². The Labute approximate surface area is 123 Å². The van der Waals surface area contributed by atoms with Crippen LogP contribution in [0.25, 0.3) is 0 Å². The Hall–Kier alpha value is -1.98. The van der Waals surface area contributed by atoms with Crippen molar-refractivity contribution in [3.63, 3.8) is 0 Å². The molecule has 1 unspecified atom stereocenters. The van der Waals surface area contributed by atoms with Gasteiger partial charge in [-0.05, 0) is 44.7 Å². The van der Waals surface area contributed by atoms with Crippen molar-refractivity contribution in [1.82, 2.24) is 9.88 Å². The number of rotatable bonds is 1. The van der Waals surface area contributed by atoms with E-state index in [1.165, 1.54) is 13.0 Å². The third-order valence-corrected chi connectivity index (χ3v) is 3.97. The summed E-state index contributed by atoms with van der Waals surface area (Å²) < 4.78 is 13.5. The lowest BCUT2D eigenvalue weighted by Crippen LogP contribution is -2.39. The third kappa shape index (κ3) is 2.28. The fourth-order valence-corrected chi connectivity index (χ4v) is 2.87. The molecule has 3 heterocycles. The van der Waals surface area contributed by atoms with Gasteiger partial charge >= 0.3 is 6.03 Å². The molecule has 5 nitrogen and oxygen atoms in total. The number of nitrogens with zero attached hydrogens (tertiary/aromatic N) is 3. The van der Waals surface area contributed by atoms with E-state index in [2.05, 4.69) is 4.98 Å². The molecule has 3 rings (SSSR count). The molecule has 0 spiro atoms. The standard InChI is InChI=1S/C14H16FN3O2.CH4/c1-8-7-10(15)9(2)16-12(8)18-13(19)11-5-3-4-6-17(11)14(18)20;/h7,11H,3-6H2,1-2H3;1H4. The second-order valence-electron chi connectivity index (χ2n) is 5.36. The number of hydrogen-bond donors (Lipinski definition) is 0. The predicted octanol–water partition coefficient (Wildman–Crippen LogP) is 2.79. The van der Waals surface area contributed by atoms with Crippen molar-refractivity contribution < 1.29 is 14.0 Å². The summed E-state index contributed by atoms with van der Waals surface area (Å²) in [5, 5.41) is 0. The summed E-state index contributed by atoms with van der Waals surface area (Å²) in [6, 6.07) is 0.610. The first kappa shape index (κ1) is 15.4. The molecule has 0 aromatic carbocycles. The topological polar surface area (TPSA) is 53.5 Å². The molecule has 21 heavy (non-hydrogen) atoms. The molecule has 2 aliphatic rings. The molecule has 1 aromatic heterocycles. The van der Waals surface area contributed by atoms with E-state index in [-0.39, 0.29) is 36.9 Å². The molecule has 0 N–H and O–H groups in total. The second kappa shape index (κ2) is 5.42. The molecule has 2 fully saturated rings. The summed E-state index contributed by atoms with van der Waals surface area (Å²) in [5.74, 6) is -0.410. The molecule has 0 saturated carbocycles. The Kier molecular flexibility index (Phi) is 3.98. The zero-order valence-corrected chi connectivity index (χ0v) is 11.5. The van der Waals surface area contributed by atoms with Gasteiger partial charge in [-0.25, -0.2) is 19.1 Å². The quantitative estimate of drug-likeness (QED) is 0.748. The van der Waals surface area contributed by atoms with Crippen molar-refractivity contribution in [3.8, 4) is 0 Å². The van der Waals surface area contributed by atoms with Gasteiger partial charge in [-0.3, -0.25) is 4.79 Å². The summed E-state index contributed by atoms with van der Waals surface area (Å²) >= 11 is 0. The van der Waals surface area contributed by atoms with Gasteiger partial charge in [0, 0.05) is 6.54 Å². The van der Waals surface area contributed by atoms with Crippen LogP contribution in [0.5, 0.6) is 0 Å². The van der Waals surface area contributed by atoms with Gasteiger partial charge in [-0.15, -0.1) is 0 Å². The smallest absolute Gasteiger partial charge is 0.312 e. The number of amides is 3. The maximum atomic E-state index is 13.5. The Morgan fingerprint density at radius 1 is 1.29 bits per heavy atom. The van der Waals surface area contributed by atoms with Crippen LogP contribution in [0.4, 0.5) is 15.0 Å². The SMILES string of the molecule is C.Cc1cc(F)c(C)nc1N1C(=O)C2CCCCN2C1=O. The summed E-state index contributed by atoms with van der Waals surface area (Å²) in [5.41, 5.74) is 0.686. The van der Waals surface area contributed by atoms with E-state index in [0.29, 0.717) is 18.5 Å². The Morgan fingerprint density at radius 3 is 2.67 bits per heavy atom. The molecule has 2 saturated heterocycles. The Morgan fingerprint density at radius 2 is 2.00 bits per heavy atom. The number of piperidine rings is 1. The lowest BCUT2D eigenvalue weighted by molar-refractivity contribution is -0.120. The number of hydrogen-bond acceptors (Lipinski definition) is 3. The van der Waals surface area contributed by atoms with Gasteiger partial charge in [0.05, 0.1) is 5.69 Å². The predicted molar refractivity (Wildman–Crippen MR) is 77.6 cm³/mol. The largest absolute Gasteiger partial charge is 0.333 e. The van der Waals surface area contributed by atoms with E-state index < -0.39 is 5.82 Å². The maximum Gasteiger partial charge on any atom is 0.333 e. The molecule has 0 aliphatic carbocycles. The average molecular weight is 293 g/mol. The first-order valence-corrected chi connectivity index (χ1v) is 6.79. The molecule has 0 radical (unpaired) electrons. The van der Waals surface area contributed by atoms with E-state index in [0.717, 1.165) is 17.7 Å². The minimum absolute atomic E-state index is 0. The van der Waals surface area contributed by atoms with Crippen molar-refractivity contribution in [2.75, 3.05) is 11.4 Å². The van der Waals surface area contributed by atoms with Crippen LogP contribution in [-0.2, 0) is 4.79 Å². The van der Waals surface area contributed by atoms with Crippen LogP contribution in [0.15, 0.2) is 6.07 Å². The highest BCUT2D eigenvalue weighted by molar-refractivity contribution is 6.21. The van der Waals surface area contributed by atoms with Gasteiger partial charge in [-0.1, -0.05) is 7.43 Å². The van der Waals surface area contributed by atoms with Crippen LogP contribution in [0.2, 0.25) is 0 Å². The molecule has 3 amide bonds. The average Bonchev–Trinajstić information content (AvgIpc) is 2.68. The maximum absolute atomic E-state index is 13.5. The highest BCUT2D eigenvalue weighted by Gasteiger charge is 2.47. The molecular formula is C15H20FN3O2. The summed E-state index contributed by atoms with van der Waals surface area (Å²) in [7, 11) is 0. The normalized spacial score (nSPS) is 21.4. The van der Waals surface area contributed by atoms with Gasteiger partial charge in [0.2, 0.25) is 0 Å². The summed E-state index contributed by atoms with van der Waals surface area (Å²) in [6.07, 6.45) is 2.56. The van der Waals surface area contributed by atoms with E-state index in [9.17, 15) is 14.0 Å². The number of fused-ring (bicyclic) bond motifs is 1. The van der Waals surface area contributed by atoms with Crippen LogP contribution in [0, 0.1) is 19.7 Å². The van der Waals surface area contributed by atoms with E-state index >= 15 is 0 Å². The molecule has 1 aromatic rings. The second-order valence-corrected chi connectivity index (χ2v) is 5.36. The molecule has 0 bridgehead atoms. The van der Waals surface area contributed by atoms with Crippen molar-refractivity contribution in [2.45, 2.75) is 46.6 Å². The molecule has 1 atom stereocenters. The lowest BCUT2D eigenvalue weighted by Gasteiger charge is -2.25. The van der Waals surface area contributed by atoms with Crippen molar-refractivity contribution in [1.29, 1.82) is 0 Å². The van der Waals surface area contributed by atoms with Crippen molar-refractivity contribution in [2.24, 2.45) is 0 Å². The monoisotopic (exact) mass is 293 g/mol. The van der Waals surface area contributed by atoms with E-state index in [1.807, 2.05) is 0 Å². The van der Waals surface area contributed by atoms with Crippen LogP contribution in [-0.4, -0.2) is 34.4 Å². The fourth-order valence-electron chi connectivity index (χ4n) is 2.87. The number of aryl methyl sites for hydroxylation is 2. The van der Waals surface area contributed by atoms with Gasteiger partial charge in [-0.2, -0.15) is 0 Å². The van der Waals surface area contributed by atoms with Gasteiger partial charge in [0.25, 0.3) is 5.91 Å². The van der Waals surface area contributed by atoms with Crippen LogP contribution in [0.3, 0.4) is 0 Å². The minimum atomic E-state index is -0.428. The summed E-state index contributed by atoms with van der Waals surface area (Å²) in [4.78, 5) is 31.6. The van der Waals surface area contributed by atoms with Gasteiger partial charge < -0.3 is 4.90 Å². The third-order valence-electron chi connectivity index (χ3n) is 3.97. The number of carbonyl (C=O) groups is 2. The first-order valence-electron chi connectivity index (χ1n) is 6.79. The zero-order valence-electron chi connectivity index (χ0n) is 11.5. The van der Waals surface area contributed by atoms with Crippen LogP contribution < -0.4 is 4.90 Å². The zero-order chi connectivity index (χ0) is 14.4. The lowest BCUT2D eigenvalue weighted by atomic mass is 10.0. The molecule has 2 aliphatic heterocycles. The van der Waals surface area contributed by atoms with Gasteiger partial charge in [0.1, 0.15) is 17.7 Å². The van der Waals surface area contributed by atoms with E-state index in [4.69, 9.17) is 0 Å². The van der Waals surface area contributed by atoms with Crippen LogP contribution in [0.1, 0.15) is 37.9 Å². The van der Waals surface area contributed by atoms with Crippen LogP contribution >= 0.6 is 0 Å².